The van der Waals surface area contributed by atoms with E-state index in [4.69, 9.17) is 0 Å². The Morgan fingerprint density at radius 1 is 1.24 bits per heavy atom. The van der Waals surface area contributed by atoms with E-state index < -0.39 is 0 Å². The molecule has 0 amide bonds. The first-order valence-corrected chi connectivity index (χ1v) is 7.19. The van der Waals surface area contributed by atoms with Crippen LogP contribution in [0.5, 0.6) is 0 Å². The van der Waals surface area contributed by atoms with Crippen molar-refractivity contribution in [2.45, 2.75) is 19.9 Å². The van der Waals surface area contributed by atoms with Gasteiger partial charge in [0.1, 0.15) is 0 Å². The lowest BCUT2D eigenvalue weighted by Gasteiger charge is -2.17. The predicted octanol–water partition coefficient (Wildman–Crippen LogP) is 3.83. The number of aromatic nitrogens is 1. The molecule has 0 bridgehead atoms. The van der Waals surface area contributed by atoms with Crippen LogP contribution in [0, 0.1) is 13.8 Å². The largest absolute Gasteiger partial charge is 0.309 e. The minimum atomic E-state index is 0.219. The molecular formula is C13H15BrN2S. The third kappa shape index (κ3) is 2.76. The first-order valence-electron chi connectivity index (χ1n) is 5.46. The van der Waals surface area contributed by atoms with Crippen molar-refractivity contribution < 1.29 is 0 Å². The summed E-state index contributed by atoms with van der Waals surface area (Å²) in [6, 6.07) is 4.49. The maximum Gasteiger partial charge on any atom is 0.0595 e. The van der Waals surface area contributed by atoms with Gasteiger partial charge in [0.15, 0.2) is 0 Å². The highest BCUT2D eigenvalue weighted by Gasteiger charge is 2.16. The van der Waals surface area contributed by atoms with Crippen LogP contribution in [-0.4, -0.2) is 12.0 Å². The van der Waals surface area contributed by atoms with Gasteiger partial charge in [-0.15, -0.1) is 0 Å². The van der Waals surface area contributed by atoms with Crippen LogP contribution < -0.4 is 5.32 Å². The van der Waals surface area contributed by atoms with Crippen molar-refractivity contribution >= 4 is 27.3 Å². The third-order valence-electron chi connectivity index (χ3n) is 2.68. The van der Waals surface area contributed by atoms with Gasteiger partial charge >= 0.3 is 0 Å². The molecule has 2 rings (SSSR count). The number of hydrogen-bond donors (Lipinski definition) is 1. The van der Waals surface area contributed by atoms with Gasteiger partial charge in [0.05, 0.1) is 6.04 Å². The van der Waals surface area contributed by atoms with E-state index in [1.807, 2.05) is 20.9 Å². The van der Waals surface area contributed by atoms with Crippen LogP contribution in [0.15, 0.2) is 27.4 Å². The Labute approximate surface area is 114 Å². The Hall–Kier alpha value is -0.710. The van der Waals surface area contributed by atoms with Crippen LogP contribution in [0.2, 0.25) is 0 Å². The molecule has 0 saturated heterocycles. The van der Waals surface area contributed by atoms with Gasteiger partial charge in [-0.1, -0.05) is 0 Å². The van der Waals surface area contributed by atoms with E-state index in [1.165, 1.54) is 11.1 Å². The summed E-state index contributed by atoms with van der Waals surface area (Å²) in [6.07, 6.45) is 0. The summed E-state index contributed by atoms with van der Waals surface area (Å²) in [5, 5.41) is 7.65. The number of hydrogen-bond acceptors (Lipinski definition) is 3. The number of pyridine rings is 1. The smallest absolute Gasteiger partial charge is 0.0595 e. The summed E-state index contributed by atoms with van der Waals surface area (Å²) in [6.45, 7) is 4.07. The molecular weight excluding hydrogens is 296 g/mol. The van der Waals surface area contributed by atoms with Gasteiger partial charge in [0.2, 0.25) is 0 Å². The fourth-order valence-corrected chi connectivity index (χ4v) is 3.58. The zero-order valence-electron chi connectivity index (χ0n) is 10.1. The van der Waals surface area contributed by atoms with Crippen molar-refractivity contribution in [3.05, 3.63) is 49.9 Å². The molecule has 0 fully saturated rings. The lowest BCUT2D eigenvalue weighted by atomic mass is 10.0. The van der Waals surface area contributed by atoms with E-state index in [2.05, 4.69) is 49.1 Å². The molecule has 2 aromatic heterocycles. The van der Waals surface area contributed by atoms with Crippen LogP contribution in [0.1, 0.15) is 28.6 Å². The fourth-order valence-electron chi connectivity index (χ4n) is 2.03. The summed E-state index contributed by atoms with van der Waals surface area (Å²) in [7, 11) is 1.99. The molecule has 2 aromatic rings. The highest BCUT2D eigenvalue weighted by Crippen LogP contribution is 2.31. The van der Waals surface area contributed by atoms with E-state index in [9.17, 15) is 0 Å². The van der Waals surface area contributed by atoms with Gasteiger partial charge in [0, 0.05) is 21.2 Å². The number of nitrogens with zero attached hydrogens (tertiary/aromatic N) is 1. The Morgan fingerprint density at radius 3 is 2.35 bits per heavy atom. The van der Waals surface area contributed by atoms with Crippen LogP contribution in [0.3, 0.4) is 0 Å². The van der Waals surface area contributed by atoms with Crippen LogP contribution in [-0.2, 0) is 0 Å². The quantitative estimate of drug-likeness (QED) is 0.932. The number of halogens is 1. The molecule has 0 aliphatic rings. The van der Waals surface area contributed by atoms with Gasteiger partial charge in [-0.3, -0.25) is 4.98 Å². The van der Waals surface area contributed by atoms with Gasteiger partial charge in [0.25, 0.3) is 0 Å². The highest BCUT2D eigenvalue weighted by atomic mass is 79.9. The summed E-state index contributed by atoms with van der Waals surface area (Å²) in [5.74, 6) is 0. The molecule has 1 atom stereocenters. The standard InChI is InChI=1S/C13H15BrN2S/c1-8-4-10(5-9(2)16-8)13(15-3)11-6-17-7-12(11)14/h4-7,13,15H,1-3H3. The van der Waals surface area contributed by atoms with Crippen LogP contribution in [0.4, 0.5) is 0 Å². The van der Waals surface area contributed by atoms with Crippen LogP contribution in [0.25, 0.3) is 0 Å². The summed E-state index contributed by atoms with van der Waals surface area (Å²) in [5.41, 5.74) is 4.66. The first kappa shape index (κ1) is 12.7. The van der Waals surface area contributed by atoms with Crippen molar-refractivity contribution in [1.29, 1.82) is 0 Å². The normalized spacial score (nSPS) is 12.7. The molecule has 0 aliphatic carbocycles. The molecule has 1 unspecified atom stereocenters. The van der Waals surface area contributed by atoms with Crippen molar-refractivity contribution in [2.24, 2.45) is 0 Å². The van der Waals surface area contributed by atoms with Crippen molar-refractivity contribution in [3.63, 3.8) is 0 Å². The second-order valence-corrected chi connectivity index (χ2v) is 5.68. The van der Waals surface area contributed by atoms with Gasteiger partial charge in [-0.25, -0.2) is 0 Å². The van der Waals surface area contributed by atoms with E-state index >= 15 is 0 Å². The molecule has 1 N–H and O–H groups in total. The monoisotopic (exact) mass is 310 g/mol. The Balaban J connectivity index is 2.45. The molecule has 17 heavy (non-hydrogen) atoms. The summed E-state index contributed by atoms with van der Waals surface area (Å²) in [4.78, 5) is 4.42. The van der Waals surface area contributed by atoms with Crippen molar-refractivity contribution in [2.75, 3.05) is 7.05 Å². The number of rotatable bonds is 3. The van der Waals surface area contributed by atoms with Gasteiger partial charge in [-0.2, -0.15) is 11.3 Å². The molecule has 0 spiro atoms. The van der Waals surface area contributed by atoms with E-state index in [0.29, 0.717) is 0 Å². The first-order chi connectivity index (χ1) is 8.11. The maximum atomic E-state index is 4.42. The molecule has 0 aliphatic heterocycles. The number of thiophene rings is 1. The molecule has 4 heteroatoms. The second-order valence-electron chi connectivity index (χ2n) is 4.08. The van der Waals surface area contributed by atoms with Gasteiger partial charge in [-0.05, 0) is 65.5 Å². The number of aryl methyl sites for hydroxylation is 2. The van der Waals surface area contributed by atoms with Gasteiger partial charge < -0.3 is 5.32 Å². The SMILES string of the molecule is CNC(c1cc(C)nc(C)c1)c1cscc1Br. The molecule has 2 heterocycles. The highest BCUT2D eigenvalue weighted by molar-refractivity contribution is 9.10. The molecule has 0 saturated carbocycles. The van der Waals surface area contributed by atoms with E-state index in [1.54, 1.807) is 11.3 Å². The van der Waals surface area contributed by atoms with E-state index in [0.717, 1.165) is 15.9 Å². The Morgan fingerprint density at radius 2 is 1.88 bits per heavy atom. The summed E-state index contributed by atoms with van der Waals surface area (Å²) < 4.78 is 1.16. The van der Waals surface area contributed by atoms with Crippen molar-refractivity contribution in [3.8, 4) is 0 Å². The maximum absolute atomic E-state index is 4.42. The number of nitrogens with one attached hydrogen (secondary N) is 1. The fraction of sp³-hybridized carbons (Fsp3) is 0.308. The third-order valence-corrected chi connectivity index (χ3v) is 4.43. The average Bonchev–Trinajstić information content (AvgIpc) is 2.65. The lowest BCUT2D eigenvalue weighted by molar-refractivity contribution is 0.688. The molecule has 2 nitrogen and oxygen atoms in total. The zero-order chi connectivity index (χ0) is 12.4. The van der Waals surface area contributed by atoms with Crippen molar-refractivity contribution in [1.82, 2.24) is 10.3 Å². The average molecular weight is 311 g/mol. The Kier molecular flexibility index (Phi) is 3.97. The topological polar surface area (TPSA) is 24.9 Å². The van der Waals surface area contributed by atoms with Crippen LogP contribution >= 0.6 is 27.3 Å². The molecule has 90 valence electrons. The minimum absolute atomic E-state index is 0.219. The predicted molar refractivity (Wildman–Crippen MR) is 76.6 cm³/mol. The zero-order valence-corrected chi connectivity index (χ0v) is 12.5. The van der Waals surface area contributed by atoms with E-state index in [-0.39, 0.29) is 6.04 Å². The molecule has 0 radical (unpaired) electrons. The summed E-state index contributed by atoms with van der Waals surface area (Å²) >= 11 is 5.31. The minimum Gasteiger partial charge on any atom is -0.309 e. The Bertz CT molecular complexity index is 502. The second kappa shape index (κ2) is 5.29. The molecule has 0 aromatic carbocycles. The lowest BCUT2D eigenvalue weighted by Crippen LogP contribution is -2.18.